The number of hydrogen-bond donors (Lipinski definition) is 1. The lowest BCUT2D eigenvalue weighted by Crippen LogP contribution is -2.37. The van der Waals surface area contributed by atoms with Crippen molar-refractivity contribution in [3.63, 3.8) is 0 Å². The number of nitro benzene ring substituents is 1. The van der Waals surface area contributed by atoms with Gasteiger partial charge in [0.1, 0.15) is 0 Å². The molecule has 0 bridgehead atoms. The molecule has 1 N–H and O–H groups in total. The second-order valence-electron chi connectivity index (χ2n) is 6.68. The summed E-state index contributed by atoms with van der Waals surface area (Å²) in [6.07, 6.45) is 0.133. The van der Waals surface area contributed by atoms with E-state index in [1.807, 2.05) is 0 Å². The summed E-state index contributed by atoms with van der Waals surface area (Å²) in [5.74, 6) is 0.448. The molecule has 2 aromatic carbocycles. The molecule has 9 heteroatoms. The van der Waals surface area contributed by atoms with Crippen molar-refractivity contribution >= 4 is 23.2 Å². The molecule has 0 unspecified atom stereocenters. The third-order valence-corrected chi connectivity index (χ3v) is 4.81. The highest BCUT2D eigenvalue weighted by Gasteiger charge is 2.32. The van der Waals surface area contributed by atoms with E-state index in [1.165, 1.54) is 32.4 Å². The van der Waals surface area contributed by atoms with E-state index in [2.05, 4.69) is 5.32 Å². The molecule has 2 aromatic rings. The van der Waals surface area contributed by atoms with Gasteiger partial charge in [-0.3, -0.25) is 19.7 Å². The van der Waals surface area contributed by atoms with Crippen LogP contribution in [0.5, 0.6) is 11.5 Å². The first kappa shape index (κ1) is 20.1. The van der Waals surface area contributed by atoms with Crippen molar-refractivity contribution in [1.82, 2.24) is 5.32 Å². The van der Waals surface area contributed by atoms with Crippen LogP contribution in [0.2, 0.25) is 0 Å². The number of ether oxygens (including phenoxy) is 2. The van der Waals surface area contributed by atoms with Gasteiger partial charge < -0.3 is 19.7 Å². The Labute approximate surface area is 167 Å². The summed E-state index contributed by atoms with van der Waals surface area (Å²) >= 11 is 0. The molecule has 0 radical (unpaired) electrons. The van der Waals surface area contributed by atoms with Crippen LogP contribution in [0.15, 0.2) is 36.4 Å². The van der Waals surface area contributed by atoms with E-state index in [-0.39, 0.29) is 30.1 Å². The summed E-state index contributed by atoms with van der Waals surface area (Å²) in [5.41, 5.74) is 1.17. The number of amides is 2. The quantitative estimate of drug-likeness (QED) is 0.590. The molecule has 0 spiro atoms. The van der Waals surface area contributed by atoms with Gasteiger partial charge in [0.15, 0.2) is 11.5 Å². The smallest absolute Gasteiger partial charge is 0.273 e. The van der Waals surface area contributed by atoms with Gasteiger partial charge in [-0.2, -0.15) is 0 Å². The monoisotopic (exact) mass is 399 g/mol. The largest absolute Gasteiger partial charge is 0.493 e. The Bertz CT molecular complexity index is 975. The molecular weight excluding hydrogens is 378 g/mol. The van der Waals surface area contributed by atoms with E-state index in [1.54, 1.807) is 30.0 Å². The van der Waals surface area contributed by atoms with E-state index in [4.69, 9.17) is 9.47 Å². The molecule has 152 valence electrons. The Morgan fingerprint density at radius 3 is 2.55 bits per heavy atom. The summed E-state index contributed by atoms with van der Waals surface area (Å²) in [6.45, 7) is 1.89. The van der Waals surface area contributed by atoms with E-state index in [9.17, 15) is 19.7 Å². The standard InChI is InChI=1S/C20H21N3O6/c1-12-4-5-13(8-16(12)23(26)27)20(25)21-14-9-19(24)22(11-14)15-6-7-17(28-2)18(10-15)29-3/h4-8,10,14H,9,11H2,1-3H3,(H,21,25)/t14-/m0/s1. The molecule has 1 heterocycles. The normalized spacial score (nSPS) is 15.9. The third kappa shape index (κ3) is 4.13. The molecule has 0 aromatic heterocycles. The zero-order chi connectivity index (χ0) is 21.1. The van der Waals surface area contributed by atoms with Gasteiger partial charge in [-0.15, -0.1) is 0 Å². The minimum absolute atomic E-state index is 0.118. The molecular formula is C20H21N3O6. The molecule has 2 amide bonds. The summed E-state index contributed by atoms with van der Waals surface area (Å²) in [5, 5.41) is 13.9. The Kier molecular flexibility index (Phi) is 5.67. The maximum absolute atomic E-state index is 12.5. The van der Waals surface area contributed by atoms with Crippen molar-refractivity contribution in [2.24, 2.45) is 0 Å². The van der Waals surface area contributed by atoms with Gasteiger partial charge in [0, 0.05) is 41.9 Å². The van der Waals surface area contributed by atoms with Crippen LogP contribution >= 0.6 is 0 Å². The average Bonchev–Trinajstić information content (AvgIpc) is 3.07. The predicted octanol–water partition coefficient (Wildman–Crippen LogP) is 2.46. The first-order valence-corrected chi connectivity index (χ1v) is 8.92. The van der Waals surface area contributed by atoms with Crippen LogP contribution in [-0.4, -0.2) is 43.5 Å². The lowest BCUT2D eigenvalue weighted by molar-refractivity contribution is -0.385. The molecule has 9 nitrogen and oxygen atoms in total. The van der Waals surface area contributed by atoms with Crippen molar-refractivity contribution in [2.75, 3.05) is 25.7 Å². The molecule has 0 saturated carbocycles. The molecule has 1 aliphatic rings. The molecule has 1 atom stereocenters. The van der Waals surface area contributed by atoms with Crippen LogP contribution in [0.25, 0.3) is 0 Å². The van der Waals surface area contributed by atoms with Gasteiger partial charge in [0.2, 0.25) is 5.91 Å². The van der Waals surface area contributed by atoms with Crippen molar-refractivity contribution in [3.05, 3.63) is 57.6 Å². The van der Waals surface area contributed by atoms with E-state index >= 15 is 0 Å². The second kappa shape index (κ2) is 8.17. The summed E-state index contributed by atoms with van der Waals surface area (Å²) in [6, 6.07) is 9.04. The lowest BCUT2D eigenvalue weighted by atomic mass is 10.1. The van der Waals surface area contributed by atoms with Crippen LogP contribution < -0.4 is 19.7 Å². The van der Waals surface area contributed by atoms with Crippen LogP contribution in [-0.2, 0) is 4.79 Å². The topological polar surface area (TPSA) is 111 Å². The van der Waals surface area contributed by atoms with E-state index in [0.29, 0.717) is 22.7 Å². The van der Waals surface area contributed by atoms with E-state index in [0.717, 1.165) is 0 Å². The Balaban J connectivity index is 1.73. The number of nitro groups is 1. The van der Waals surface area contributed by atoms with Gasteiger partial charge in [0.05, 0.1) is 25.2 Å². The summed E-state index contributed by atoms with van der Waals surface area (Å²) < 4.78 is 10.5. The van der Waals surface area contributed by atoms with Crippen molar-refractivity contribution in [3.8, 4) is 11.5 Å². The first-order chi connectivity index (χ1) is 13.8. The number of aryl methyl sites for hydroxylation is 1. The number of hydrogen-bond acceptors (Lipinski definition) is 6. The third-order valence-electron chi connectivity index (χ3n) is 4.81. The first-order valence-electron chi connectivity index (χ1n) is 8.92. The molecule has 29 heavy (non-hydrogen) atoms. The molecule has 1 fully saturated rings. The van der Waals surface area contributed by atoms with E-state index < -0.39 is 16.9 Å². The SMILES string of the molecule is COc1ccc(N2C[C@@H](NC(=O)c3ccc(C)c([N+](=O)[O-])c3)CC2=O)cc1OC. The van der Waals surface area contributed by atoms with Gasteiger partial charge in [-0.25, -0.2) is 0 Å². The fourth-order valence-corrected chi connectivity index (χ4v) is 3.26. The van der Waals surface area contributed by atoms with Crippen molar-refractivity contribution < 1.29 is 24.0 Å². The average molecular weight is 399 g/mol. The highest BCUT2D eigenvalue weighted by Crippen LogP contribution is 2.33. The zero-order valence-corrected chi connectivity index (χ0v) is 16.3. The Morgan fingerprint density at radius 2 is 1.90 bits per heavy atom. The molecule has 1 aliphatic heterocycles. The lowest BCUT2D eigenvalue weighted by Gasteiger charge is -2.19. The number of anilines is 1. The van der Waals surface area contributed by atoms with Gasteiger partial charge >= 0.3 is 0 Å². The van der Waals surface area contributed by atoms with Crippen LogP contribution in [0, 0.1) is 17.0 Å². The summed E-state index contributed by atoms with van der Waals surface area (Å²) in [4.78, 5) is 37.1. The molecule has 0 aliphatic carbocycles. The number of benzene rings is 2. The number of methoxy groups -OCH3 is 2. The highest BCUT2D eigenvalue weighted by molar-refractivity contribution is 5.99. The number of carbonyl (C=O) groups excluding carboxylic acids is 2. The second-order valence-corrected chi connectivity index (χ2v) is 6.68. The minimum atomic E-state index is -0.524. The fourth-order valence-electron chi connectivity index (χ4n) is 3.26. The molecule has 1 saturated heterocycles. The predicted molar refractivity (Wildman–Crippen MR) is 106 cm³/mol. The number of nitrogens with one attached hydrogen (secondary N) is 1. The fraction of sp³-hybridized carbons (Fsp3) is 0.300. The zero-order valence-electron chi connectivity index (χ0n) is 16.3. The molecule has 3 rings (SSSR count). The number of carbonyl (C=O) groups is 2. The van der Waals surface area contributed by atoms with Crippen LogP contribution in [0.3, 0.4) is 0 Å². The summed E-state index contributed by atoms with van der Waals surface area (Å²) in [7, 11) is 3.04. The highest BCUT2D eigenvalue weighted by atomic mass is 16.6. The maximum Gasteiger partial charge on any atom is 0.273 e. The van der Waals surface area contributed by atoms with Crippen molar-refractivity contribution in [1.29, 1.82) is 0 Å². The van der Waals surface area contributed by atoms with Crippen LogP contribution in [0.4, 0.5) is 11.4 Å². The number of rotatable bonds is 6. The Hall–Kier alpha value is -3.62. The maximum atomic E-state index is 12.5. The minimum Gasteiger partial charge on any atom is -0.493 e. The van der Waals surface area contributed by atoms with Crippen LogP contribution in [0.1, 0.15) is 22.3 Å². The number of nitrogens with zero attached hydrogens (tertiary/aromatic N) is 2. The van der Waals surface area contributed by atoms with Crippen molar-refractivity contribution in [2.45, 2.75) is 19.4 Å². The Morgan fingerprint density at radius 1 is 1.17 bits per heavy atom. The van der Waals surface area contributed by atoms with Gasteiger partial charge in [0.25, 0.3) is 11.6 Å². The van der Waals surface area contributed by atoms with Gasteiger partial charge in [-0.05, 0) is 25.1 Å². The van der Waals surface area contributed by atoms with Gasteiger partial charge in [-0.1, -0.05) is 6.07 Å².